The van der Waals surface area contributed by atoms with Crippen molar-refractivity contribution in [1.29, 1.82) is 0 Å². The van der Waals surface area contributed by atoms with E-state index >= 15 is 0 Å². The molecule has 2 nitrogen and oxygen atoms in total. The van der Waals surface area contributed by atoms with Gasteiger partial charge in [-0.05, 0) is 44.0 Å². The number of aromatic nitrogens is 2. The van der Waals surface area contributed by atoms with Crippen LogP contribution in [0.15, 0.2) is 24.8 Å². The van der Waals surface area contributed by atoms with Gasteiger partial charge in [0.05, 0.1) is 11.0 Å². The lowest BCUT2D eigenvalue weighted by atomic mass is 10.1. The topological polar surface area (TPSA) is 17.8 Å². The lowest BCUT2D eigenvalue weighted by molar-refractivity contribution is 0.807. The van der Waals surface area contributed by atoms with Crippen LogP contribution in [-0.2, 0) is 6.54 Å². The van der Waals surface area contributed by atoms with Crippen molar-refractivity contribution in [3.63, 3.8) is 0 Å². The summed E-state index contributed by atoms with van der Waals surface area (Å²) < 4.78 is 2.19. The van der Waals surface area contributed by atoms with Crippen molar-refractivity contribution in [1.82, 2.24) is 9.55 Å². The largest absolute Gasteiger partial charge is 0.324 e. The number of hydrogen-bond acceptors (Lipinski definition) is 1. The third-order valence-corrected chi connectivity index (χ3v) is 2.87. The molecule has 0 atom stereocenters. The average Bonchev–Trinajstić information content (AvgIpc) is 2.46. The molecule has 2 rings (SSSR count). The van der Waals surface area contributed by atoms with Crippen molar-refractivity contribution in [2.75, 3.05) is 0 Å². The molecule has 0 aliphatic heterocycles. The minimum atomic E-state index is 0.824. The minimum absolute atomic E-state index is 0.824. The zero-order chi connectivity index (χ0) is 11.0. The molecule has 0 fully saturated rings. The molecule has 0 N–H and O–H groups in total. The van der Waals surface area contributed by atoms with Crippen LogP contribution in [0.4, 0.5) is 0 Å². The molecule has 0 unspecified atom stereocenters. The maximum absolute atomic E-state index is 4.55. The van der Waals surface area contributed by atoms with Crippen molar-refractivity contribution in [3.05, 3.63) is 41.7 Å². The summed E-state index contributed by atoms with van der Waals surface area (Å²) in [6.45, 7) is 10.9. The molecule has 2 heteroatoms. The van der Waals surface area contributed by atoms with E-state index in [2.05, 4.69) is 42.1 Å². The van der Waals surface area contributed by atoms with Gasteiger partial charge in [-0.2, -0.15) is 0 Å². The van der Waals surface area contributed by atoms with E-state index in [0.29, 0.717) is 0 Å². The van der Waals surface area contributed by atoms with Gasteiger partial charge in [-0.1, -0.05) is 6.08 Å². The standard InChI is InChI=1S/C13H16N2/c1-5-6-15-11(4)14-12-7-9(2)10(3)8-13(12)15/h5,7-8H,1,6H2,2-4H3. The Morgan fingerprint density at radius 3 is 2.60 bits per heavy atom. The minimum Gasteiger partial charge on any atom is -0.324 e. The van der Waals surface area contributed by atoms with E-state index in [4.69, 9.17) is 0 Å². The van der Waals surface area contributed by atoms with Crippen molar-refractivity contribution in [2.45, 2.75) is 27.3 Å². The van der Waals surface area contributed by atoms with E-state index in [1.165, 1.54) is 16.6 Å². The number of allylic oxidation sites excluding steroid dienone is 1. The molecule has 0 saturated heterocycles. The number of fused-ring (bicyclic) bond motifs is 1. The first-order chi connectivity index (χ1) is 7.13. The molecule has 0 spiro atoms. The van der Waals surface area contributed by atoms with Gasteiger partial charge in [0.25, 0.3) is 0 Å². The monoisotopic (exact) mass is 200 g/mol. The molecule has 15 heavy (non-hydrogen) atoms. The molecule has 0 radical (unpaired) electrons. The molecule has 0 bridgehead atoms. The molecule has 0 saturated carbocycles. The third kappa shape index (κ3) is 1.56. The molecule has 2 aromatic rings. The summed E-state index contributed by atoms with van der Waals surface area (Å²) in [5.74, 6) is 1.05. The fourth-order valence-corrected chi connectivity index (χ4v) is 1.86. The Bertz CT molecular complexity index is 521. The highest BCUT2D eigenvalue weighted by Crippen LogP contribution is 2.20. The van der Waals surface area contributed by atoms with Gasteiger partial charge < -0.3 is 4.57 Å². The molecule has 0 amide bonds. The maximum atomic E-state index is 4.55. The summed E-state index contributed by atoms with van der Waals surface area (Å²) >= 11 is 0. The van der Waals surface area contributed by atoms with Gasteiger partial charge in [0.1, 0.15) is 5.82 Å². The first-order valence-electron chi connectivity index (χ1n) is 5.18. The second kappa shape index (κ2) is 3.54. The fraction of sp³-hybridized carbons (Fsp3) is 0.308. The summed E-state index contributed by atoms with van der Waals surface area (Å²) in [4.78, 5) is 4.55. The lowest BCUT2D eigenvalue weighted by Crippen LogP contribution is -1.97. The zero-order valence-corrected chi connectivity index (χ0v) is 9.54. The zero-order valence-electron chi connectivity index (χ0n) is 9.54. The number of hydrogen-bond donors (Lipinski definition) is 0. The predicted octanol–water partition coefficient (Wildman–Crippen LogP) is 3.15. The van der Waals surface area contributed by atoms with Crippen LogP contribution in [-0.4, -0.2) is 9.55 Å². The van der Waals surface area contributed by atoms with E-state index in [-0.39, 0.29) is 0 Å². The van der Waals surface area contributed by atoms with Gasteiger partial charge in [-0.15, -0.1) is 6.58 Å². The lowest BCUT2D eigenvalue weighted by Gasteiger charge is -2.04. The molecular weight excluding hydrogens is 184 g/mol. The van der Waals surface area contributed by atoms with Gasteiger partial charge >= 0.3 is 0 Å². The summed E-state index contributed by atoms with van der Waals surface area (Å²) in [6.07, 6.45) is 1.91. The maximum Gasteiger partial charge on any atom is 0.107 e. The number of aryl methyl sites for hydroxylation is 3. The molecule has 1 aromatic heterocycles. The number of nitrogens with zero attached hydrogens (tertiary/aromatic N) is 2. The van der Waals surface area contributed by atoms with Crippen LogP contribution in [0.3, 0.4) is 0 Å². The van der Waals surface area contributed by atoms with Crippen LogP contribution in [0, 0.1) is 20.8 Å². The van der Waals surface area contributed by atoms with Crippen LogP contribution in [0.2, 0.25) is 0 Å². The first-order valence-corrected chi connectivity index (χ1v) is 5.18. The molecule has 1 heterocycles. The highest BCUT2D eigenvalue weighted by Gasteiger charge is 2.07. The summed E-state index contributed by atoms with van der Waals surface area (Å²) in [6, 6.07) is 4.35. The van der Waals surface area contributed by atoms with E-state index in [9.17, 15) is 0 Å². The van der Waals surface area contributed by atoms with Crippen LogP contribution in [0.1, 0.15) is 17.0 Å². The summed E-state index contributed by atoms with van der Waals surface area (Å²) in [5, 5.41) is 0. The molecule has 78 valence electrons. The highest BCUT2D eigenvalue weighted by molar-refractivity contribution is 5.78. The van der Waals surface area contributed by atoms with E-state index in [1.54, 1.807) is 0 Å². The van der Waals surface area contributed by atoms with Gasteiger partial charge in [-0.25, -0.2) is 4.98 Å². The highest BCUT2D eigenvalue weighted by atomic mass is 15.1. The van der Waals surface area contributed by atoms with Gasteiger partial charge in [0.2, 0.25) is 0 Å². The SMILES string of the molecule is C=CCn1c(C)nc2cc(C)c(C)cc21. The third-order valence-electron chi connectivity index (χ3n) is 2.87. The van der Waals surface area contributed by atoms with Crippen molar-refractivity contribution in [3.8, 4) is 0 Å². The second-order valence-corrected chi connectivity index (χ2v) is 3.98. The Hall–Kier alpha value is -1.57. The smallest absolute Gasteiger partial charge is 0.107 e. The van der Waals surface area contributed by atoms with Crippen molar-refractivity contribution in [2.24, 2.45) is 0 Å². The van der Waals surface area contributed by atoms with E-state index in [1.807, 2.05) is 13.0 Å². The Labute approximate surface area is 90.3 Å². The molecule has 1 aromatic carbocycles. The number of benzene rings is 1. The number of rotatable bonds is 2. The summed E-state index contributed by atoms with van der Waals surface area (Å²) in [7, 11) is 0. The fourth-order valence-electron chi connectivity index (χ4n) is 1.86. The molecular formula is C13H16N2. The average molecular weight is 200 g/mol. The Morgan fingerprint density at radius 2 is 1.93 bits per heavy atom. The number of imidazole rings is 1. The normalized spacial score (nSPS) is 10.9. The van der Waals surface area contributed by atoms with E-state index < -0.39 is 0 Å². The van der Waals surface area contributed by atoms with Crippen LogP contribution in [0.5, 0.6) is 0 Å². The Morgan fingerprint density at radius 1 is 1.27 bits per heavy atom. The summed E-state index contributed by atoms with van der Waals surface area (Å²) in [5.41, 5.74) is 4.89. The van der Waals surface area contributed by atoms with E-state index in [0.717, 1.165) is 17.9 Å². The first kappa shape index (κ1) is 9.97. The second-order valence-electron chi connectivity index (χ2n) is 3.98. The Kier molecular flexibility index (Phi) is 2.35. The predicted molar refractivity (Wildman–Crippen MR) is 64.1 cm³/mol. The van der Waals surface area contributed by atoms with Crippen LogP contribution in [0.25, 0.3) is 11.0 Å². The van der Waals surface area contributed by atoms with Crippen LogP contribution >= 0.6 is 0 Å². The molecule has 0 aliphatic rings. The van der Waals surface area contributed by atoms with Crippen molar-refractivity contribution >= 4 is 11.0 Å². The van der Waals surface area contributed by atoms with Crippen molar-refractivity contribution < 1.29 is 0 Å². The van der Waals surface area contributed by atoms with Gasteiger partial charge in [-0.3, -0.25) is 0 Å². The Balaban J connectivity index is 2.75. The van der Waals surface area contributed by atoms with Crippen LogP contribution < -0.4 is 0 Å². The molecule has 0 aliphatic carbocycles. The van der Waals surface area contributed by atoms with Gasteiger partial charge in [0.15, 0.2) is 0 Å². The quantitative estimate of drug-likeness (QED) is 0.681. The van der Waals surface area contributed by atoms with Gasteiger partial charge in [0, 0.05) is 6.54 Å².